The number of ketones is 1. The molecule has 0 aliphatic rings. The monoisotopic (exact) mass is 215 g/mol. The molecule has 0 aromatic rings. The van der Waals surface area contributed by atoms with Gasteiger partial charge in [-0.05, 0) is 6.92 Å². The second kappa shape index (κ2) is 5.48. The molecule has 0 aromatic carbocycles. The van der Waals surface area contributed by atoms with Gasteiger partial charge in [0.2, 0.25) is 5.90 Å². The third-order valence-corrected chi connectivity index (χ3v) is 1.68. The van der Waals surface area contributed by atoms with Gasteiger partial charge < -0.3 is 9.84 Å². The molecule has 0 heterocycles. The largest absolute Gasteiger partial charge is 0.481 e. The molecule has 5 nitrogen and oxygen atoms in total. The van der Waals surface area contributed by atoms with Crippen LogP contribution >= 0.6 is 0 Å². The van der Waals surface area contributed by atoms with Crippen LogP contribution in [0.25, 0.3) is 0 Å². The zero-order valence-electron chi connectivity index (χ0n) is 9.53. The van der Waals surface area contributed by atoms with Crippen molar-refractivity contribution in [3.63, 3.8) is 0 Å². The number of hydrogen-bond donors (Lipinski definition) is 1. The normalized spacial score (nSPS) is 12.4. The first-order valence-electron chi connectivity index (χ1n) is 4.74. The maximum absolute atomic E-state index is 11.6. The van der Waals surface area contributed by atoms with Gasteiger partial charge >= 0.3 is 6.09 Å². The zero-order valence-corrected chi connectivity index (χ0v) is 9.53. The molecule has 0 radical (unpaired) electrons. The van der Waals surface area contributed by atoms with Gasteiger partial charge in [-0.2, -0.15) is 0 Å². The Kier molecular flexibility index (Phi) is 4.97. The molecule has 0 rings (SSSR count). The Morgan fingerprint density at radius 2 is 1.87 bits per heavy atom. The highest BCUT2D eigenvalue weighted by Gasteiger charge is 2.23. The maximum Gasteiger partial charge on any atom is 0.434 e. The van der Waals surface area contributed by atoms with E-state index in [4.69, 9.17) is 9.84 Å². The molecular formula is C10H17NO4. The second-order valence-corrected chi connectivity index (χ2v) is 4.07. The van der Waals surface area contributed by atoms with Gasteiger partial charge in [-0.1, -0.05) is 20.8 Å². The molecule has 5 heteroatoms. The number of amides is 1. The molecule has 0 fully saturated rings. The summed E-state index contributed by atoms with van der Waals surface area (Å²) in [5, 5.41) is 8.45. The van der Waals surface area contributed by atoms with Crippen LogP contribution in [0, 0.1) is 5.41 Å². The molecular weight excluding hydrogens is 198 g/mol. The summed E-state index contributed by atoms with van der Waals surface area (Å²) in [6.07, 6.45) is -1.43. The van der Waals surface area contributed by atoms with Gasteiger partial charge in [-0.15, -0.1) is 4.99 Å². The van der Waals surface area contributed by atoms with E-state index in [0.717, 1.165) is 0 Å². The van der Waals surface area contributed by atoms with E-state index in [2.05, 4.69) is 4.99 Å². The standard InChI is InChI=1S/C10H17NO4/c1-5-15-8(11-9(13)14)6-7(12)10(2,3)4/h5-6H2,1-4H3,(H,13,14). The predicted molar refractivity (Wildman–Crippen MR) is 56.2 cm³/mol. The maximum atomic E-state index is 11.6. The Morgan fingerprint density at radius 3 is 2.20 bits per heavy atom. The summed E-state index contributed by atoms with van der Waals surface area (Å²) in [5.41, 5.74) is -0.517. The SMILES string of the molecule is CCOC(CC(=O)C(C)(C)C)=NC(=O)O. The minimum atomic E-state index is -1.35. The van der Waals surface area contributed by atoms with Crippen LogP contribution in [-0.4, -0.2) is 29.5 Å². The third kappa shape index (κ3) is 5.83. The molecule has 0 aliphatic carbocycles. The topological polar surface area (TPSA) is 76.0 Å². The summed E-state index contributed by atoms with van der Waals surface area (Å²) in [6, 6.07) is 0. The first kappa shape index (κ1) is 13.6. The fourth-order valence-corrected chi connectivity index (χ4v) is 0.799. The predicted octanol–water partition coefficient (Wildman–Crippen LogP) is 2.10. The van der Waals surface area contributed by atoms with E-state index in [9.17, 15) is 9.59 Å². The van der Waals surface area contributed by atoms with E-state index in [1.807, 2.05) is 0 Å². The van der Waals surface area contributed by atoms with Crippen LogP contribution in [0.2, 0.25) is 0 Å². The molecule has 0 saturated carbocycles. The molecule has 1 N–H and O–H groups in total. The molecule has 86 valence electrons. The Hall–Kier alpha value is -1.39. The summed E-state index contributed by atoms with van der Waals surface area (Å²) < 4.78 is 4.97. The van der Waals surface area contributed by atoms with E-state index in [-0.39, 0.29) is 18.1 Å². The highest BCUT2D eigenvalue weighted by atomic mass is 16.5. The first-order chi connectivity index (χ1) is 6.77. The van der Waals surface area contributed by atoms with Crippen LogP contribution in [-0.2, 0) is 9.53 Å². The lowest BCUT2D eigenvalue weighted by Crippen LogP contribution is -2.24. The van der Waals surface area contributed by atoms with Crippen molar-refractivity contribution >= 4 is 17.8 Å². The van der Waals surface area contributed by atoms with Crippen LogP contribution in [0.1, 0.15) is 34.1 Å². The third-order valence-electron chi connectivity index (χ3n) is 1.68. The van der Waals surface area contributed by atoms with Crippen molar-refractivity contribution in [3.05, 3.63) is 0 Å². The minimum absolute atomic E-state index is 0.0371. The second-order valence-electron chi connectivity index (χ2n) is 4.07. The van der Waals surface area contributed by atoms with Crippen LogP contribution in [0.4, 0.5) is 4.79 Å². The smallest absolute Gasteiger partial charge is 0.434 e. The van der Waals surface area contributed by atoms with Gasteiger partial charge in [0.1, 0.15) is 5.78 Å². The van der Waals surface area contributed by atoms with Crippen molar-refractivity contribution in [2.45, 2.75) is 34.1 Å². The number of ether oxygens (including phenoxy) is 1. The fourth-order valence-electron chi connectivity index (χ4n) is 0.799. The summed E-state index contributed by atoms with van der Waals surface area (Å²) in [5.74, 6) is -0.138. The number of Topliss-reactive ketones (excluding diaryl/α,β-unsaturated/α-hetero) is 1. The van der Waals surface area contributed by atoms with Gasteiger partial charge in [0.05, 0.1) is 13.0 Å². The highest BCUT2D eigenvalue weighted by Crippen LogP contribution is 2.17. The van der Waals surface area contributed by atoms with Gasteiger partial charge in [0.15, 0.2) is 0 Å². The Bertz CT molecular complexity index is 276. The Morgan fingerprint density at radius 1 is 1.33 bits per heavy atom. The Labute approximate surface area is 89.1 Å². The number of carboxylic acid groups (broad SMARTS) is 1. The number of aliphatic imine (C=N–C) groups is 1. The van der Waals surface area contributed by atoms with Gasteiger partial charge in [-0.25, -0.2) is 4.79 Å². The number of carbonyl (C=O) groups is 2. The van der Waals surface area contributed by atoms with Crippen molar-refractivity contribution < 1.29 is 19.4 Å². The summed E-state index contributed by atoms with van der Waals surface area (Å²) in [4.78, 5) is 25.1. The lowest BCUT2D eigenvalue weighted by molar-refractivity contribution is -0.125. The average molecular weight is 215 g/mol. The zero-order chi connectivity index (χ0) is 12.1. The van der Waals surface area contributed by atoms with E-state index in [1.165, 1.54) is 0 Å². The lowest BCUT2D eigenvalue weighted by atomic mass is 9.89. The molecule has 0 aromatic heterocycles. The molecule has 0 unspecified atom stereocenters. The van der Waals surface area contributed by atoms with E-state index in [1.54, 1.807) is 27.7 Å². The van der Waals surface area contributed by atoms with Crippen LogP contribution < -0.4 is 0 Å². The summed E-state index contributed by atoms with van der Waals surface area (Å²) >= 11 is 0. The number of rotatable bonds is 3. The number of nitrogens with zero attached hydrogens (tertiary/aromatic N) is 1. The highest BCUT2D eigenvalue weighted by molar-refractivity contribution is 6.03. The van der Waals surface area contributed by atoms with Crippen LogP contribution in [0.5, 0.6) is 0 Å². The van der Waals surface area contributed by atoms with E-state index in [0.29, 0.717) is 6.61 Å². The summed E-state index contributed by atoms with van der Waals surface area (Å²) in [6.45, 7) is 7.29. The molecule has 0 saturated heterocycles. The van der Waals surface area contributed by atoms with E-state index >= 15 is 0 Å². The average Bonchev–Trinajstić information content (AvgIpc) is 2.01. The van der Waals surface area contributed by atoms with Gasteiger partial charge in [0, 0.05) is 5.41 Å². The number of carbonyl (C=O) groups excluding carboxylic acids is 1. The van der Waals surface area contributed by atoms with Crippen molar-refractivity contribution in [2.75, 3.05) is 6.61 Å². The van der Waals surface area contributed by atoms with Crippen molar-refractivity contribution in [3.8, 4) is 0 Å². The van der Waals surface area contributed by atoms with Gasteiger partial charge in [-0.3, -0.25) is 4.79 Å². The van der Waals surface area contributed by atoms with E-state index < -0.39 is 11.5 Å². The molecule has 0 bridgehead atoms. The first-order valence-corrected chi connectivity index (χ1v) is 4.74. The minimum Gasteiger partial charge on any atom is -0.481 e. The Balaban J connectivity index is 4.56. The van der Waals surface area contributed by atoms with Crippen molar-refractivity contribution in [2.24, 2.45) is 10.4 Å². The van der Waals surface area contributed by atoms with Crippen molar-refractivity contribution in [1.29, 1.82) is 0 Å². The summed E-state index contributed by atoms with van der Waals surface area (Å²) in [7, 11) is 0. The van der Waals surface area contributed by atoms with Gasteiger partial charge in [0.25, 0.3) is 0 Å². The molecule has 15 heavy (non-hydrogen) atoms. The molecule has 1 amide bonds. The fraction of sp³-hybridized carbons (Fsp3) is 0.700. The van der Waals surface area contributed by atoms with Crippen LogP contribution in [0.15, 0.2) is 4.99 Å². The van der Waals surface area contributed by atoms with Crippen LogP contribution in [0.3, 0.4) is 0 Å². The molecule has 0 spiro atoms. The lowest BCUT2D eigenvalue weighted by Gasteiger charge is -2.16. The quantitative estimate of drug-likeness (QED) is 0.577. The molecule has 0 aliphatic heterocycles. The number of hydrogen-bond acceptors (Lipinski definition) is 3. The molecule has 0 atom stereocenters. The van der Waals surface area contributed by atoms with Crippen molar-refractivity contribution in [1.82, 2.24) is 0 Å².